The fraction of sp³-hybridized carbons (Fsp3) is 0.105. The second kappa shape index (κ2) is 6.20. The standard InChI is InChI=1S/C19H17ClNO/c1-14-3-8-16(9-4-14)19-13-18(21(2)22-19)12-7-15-5-10-17(20)11-6-15/h3-13H,1-2H3/q+1/b12-7+. The third-order valence-corrected chi connectivity index (χ3v) is 3.78. The van der Waals surface area contributed by atoms with Crippen molar-refractivity contribution in [1.82, 2.24) is 0 Å². The Morgan fingerprint density at radius 3 is 2.32 bits per heavy atom. The van der Waals surface area contributed by atoms with Gasteiger partial charge in [-0.1, -0.05) is 53.6 Å². The van der Waals surface area contributed by atoms with E-state index in [1.165, 1.54) is 5.56 Å². The first kappa shape index (κ1) is 14.6. The van der Waals surface area contributed by atoms with E-state index in [2.05, 4.69) is 31.2 Å². The van der Waals surface area contributed by atoms with Crippen LogP contribution in [0.5, 0.6) is 0 Å². The zero-order valence-electron chi connectivity index (χ0n) is 12.6. The van der Waals surface area contributed by atoms with Crippen LogP contribution in [0.4, 0.5) is 0 Å². The molecule has 0 saturated heterocycles. The van der Waals surface area contributed by atoms with Crippen molar-refractivity contribution < 1.29 is 9.26 Å². The lowest BCUT2D eigenvalue weighted by molar-refractivity contribution is -0.844. The Labute approximate surface area is 135 Å². The summed E-state index contributed by atoms with van der Waals surface area (Å²) in [5.74, 6) is 0.859. The molecule has 2 nitrogen and oxygen atoms in total. The summed E-state index contributed by atoms with van der Waals surface area (Å²) in [5.41, 5.74) is 4.42. The summed E-state index contributed by atoms with van der Waals surface area (Å²) in [4.78, 5) is 0. The highest BCUT2D eigenvalue weighted by molar-refractivity contribution is 6.30. The fourth-order valence-corrected chi connectivity index (χ4v) is 2.34. The minimum absolute atomic E-state index is 0.743. The van der Waals surface area contributed by atoms with E-state index in [0.29, 0.717) is 0 Å². The SMILES string of the molecule is Cc1ccc(-c2cc(/C=C/c3ccc(Cl)cc3)[n+](C)o2)cc1. The highest BCUT2D eigenvalue weighted by Crippen LogP contribution is 2.21. The van der Waals surface area contributed by atoms with Gasteiger partial charge in [-0.25, -0.2) is 4.52 Å². The van der Waals surface area contributed by atoms with Crippen molar-refractivity contribution in [3.8, 4) is 11.3 Å². The second-order valence-electron chi connectivity index (χ2n) is 5.27. The van der Waals surface area contributed by atoms with Crippen LogP contribution < -0.4 is 4.74 Å². The van der Waals surface area contributed by atoms with Crippen LogP contribution in [-0.2, 0) is 7.05 Å². The van der Waals surface area contributed by atoms with Gasteiger partial charge < -0.3 is 0 Å². The first-order chi connectivity index (χ1) is 10.6. The second-order valence-corrected chi connectivity index (χ2v) is 5.71. The van der Waals surface area contributed by atoms with Crippen molar-refractivity contribution in [3.05, 3.63) is 76.4 Å². The molecule has 3 heteroatoms. The maximum absolute atomic E-state index is 5.89. The molecule has 110 valence electrons. The normalized spacial score (nSPS) is 11.2. The van der Waals surface area contributed by atoms with Gasteiger partial charge in [0.15, 0.2) is 7.05 Å². The molecule has 22 heavy (non-hydrogen) atoms. The number of nitrogens with zero attached hydrogens (tertiary/aromatic N) is 1. The molecular formula is C19H17ClNO+. The third kappa shape index (κ3) is 3.29. The zero-order valence-corrected chi connectivity index (χ0v) is 13.3. The minimum Gasteiger partial charge on any atom is -0.236 e. The van der Waals surface area contributed by atoms with Crippen LogP contribution in [0.15, 0.2) is 59.1 Å². The van der Waals surface area contributed by atoms with Gasteiger partial charge in [-0.05, 0) is 35.4 Å². The van der Waals surface area contributed by atoms with E-state index < -0.39 is 0 Å². The van der Waals surface area contributed by atoms with E-state index in [1.807, 2.05) is 49.5 Å². The Bertz CT molecular complexity index is 798. The summed E-state index contributed by atoms with van der Waals surface area (Å²) in [6.45, 7) is 2.08. The van der Waals surface area contributed by atoms with E-state index in [-0.39, 0.29) is 0 Å². The molecule has 3 rings (SSSR count). The summed E-state index contributed by atoms with van der Waals surface area (Å²) in [6, 6.07) is 18.1. The van der Waals surface area contributed by atoms with Crippen LogP contribution in [0.3, 0.4) is 0 Å². The molecule has 0 spiro atoms. The molecular weight excluding hydrogens is 294 g/mol. The first-order valence-corrected chi connectivity index (χ1v) is 7.51. The Morgan fingerprint density at radius 2 is 1.64 bits per heavy atom. The van der Waals surface area contributed by atoms with Gasteiger partial charge in [-0.15, -0.1) is 0 Å². The van der Waals surface area contributed by atoms with Crippen LogP contribution in [0, 0.1) is 6.92 Å². The zero-order chi connectivity index (χ0) is 15.5. The smallest absolute Gasteiger partial charge is 0.236 e. The molecule has 1 aromatic heterocycles. The van der Waals surface area contributed by atoms with Gasteiger partial charge in [0.25, 0.3) is 5.69 Å². The molecule has 0 atom stereocenters. The van der Waals surface area contributed by atoms with E-state index in [0.717, 1.165) is 27.6 Å². The molecule has 0 saturated carbocycles. The summed E-state index contributed by atoms with van der Waals surface area (Å²) >= 11 is 5.89. The quantitative estimate of drug-likeness (QED) is 0.629. The predicted octanol–water partition coefficient (Wildman–Crippen LogP) is 4.90. The van der Waals surface area contributed by atoms with E-state index in [1.54, 1.807) is 4.74 Å². The van der Waals surface area contributed by atoms with Crippen LogP contribution >= 0.6 is 11.6 Å². The Hall–Kier alpha value is -2.32. The van der Waals surface area contributed by atoms with Crippen molar-refractivity contribution in [2.75, 3.05) is 0 Å². The number of halogens is 1. The summed E-state index contributed by atoms with van der Waals surface area (Å²) in [5, 5.41) is 0.743. The molecule has 0 fully saturated rings. The van der Waals surface area contributed by atoms with E-state index in [4.69, 9.17) is 16.1 Å². The molecule has 0 amide bonds. The molecule has 2 aromatic carbocycles. The van der Waals surface area contributed by atoms with Gasteiger partial charge in [0.1, 0.15) is 0 Å². The van der Waals surface area contributed by atoms with Gasteiger partial charge in [0, 0.05) is 16.7 Å². The average molecular weight is 311 g/mol. The number of aryl methyl sites for hydroxylation is 2. The van der Waals surface area contributed by atoms with Gasteiger partial charge in [0.05, 0.1) is 6.07 Å². The number of hydrogen-bond acceptors (Lipinski definition) is 1. The average Bonchev–Trinajstić information content (AvgIpc) is 2.88. The van der Waals surface area contributed by atoms with E-state index in [9.17, 15) is 0 Å². The molecule has 0 bridgehead atoms. The largest absolute Gasteiger partial charge is 0.255 e. The highest BCUT2D eigenvalue weighted by Gasteiger charge is 2.14. The lowest BCUT2D eigenvalue weighted by Gasteiger charge is -1.93. The van der Waals surface area contributed by atoms with Crippen LogP contribution in [0.1, 0.15) is 16.8 Å². The van der Waals surface area contributed by atoms with Gasteiger partial charge in [-0.2, -0.15) is 0 Å². The van der Waals surface area contributed by atoms with Crippen LogP contribution in [0.25, 0.3) is 23.5 Å². The van der Waals surface area contributed by atoms with Crippen molar-refractivity contribution in [2.45, 2.75) is 6.92 Å². The lowest BCUT2D eigenvalue weighted by atomic mass is 10.1. The van der Waals surface area contributed by atoms with Crippen molar-refractivity contribution in [2.24, 2.45) is 7.05 Å². The number of hydrogen-bond donors (Lipinski definition) is 0. The summed E-state index contributed by atoms with van der Waals surface area (Å²) < 4.78 is 7.56. The summed E-state index contributed by atoms with van der Waals surface area (Å²) in [7, 11) is 1.90. The first-order valence-electron chi connectivity index (χ1n) is 7.13. The van der Waals surface area contributed by atoms with Crippen LogP contribution in [-0.4, -0.2) is 0 Å². The Kier molecular flexibility index (Phi) is 4.12. The predicted molar refractivity (Wildman–Crippen MR) is 90.4 cm³/mol. The molecule has 3 aromatic rings. The van der Waals surface area contributed by atoms with Crippen LogP contribution in [0.2, 0.25) is 5.02 Å². The molecule has 0 N–H and O–H groups in total. The summed E-state index contributed by atoms with van der Waals surface area (Å²) in [6.07, 6.45) is 4.07. The van der Waals surface area contributed by atoms with Crippen molar-refractivity contribution >= 4 is 23.8 Å². The monoisotopic (exact) mass is 310 g/mol. The highest BCUT2D eigenvalue weighted by atomic mass is 35.5. The minimum atomic E-state index is 0.743. The Balaban J connectivity index is 1.86. The van der Waals surface area contributed by atoms with Gasteiger partial charge >= 0.3 is 0 Å². The topological polar surface area (TPSA) is 17.0 Å². The third-order valence-electron chi connectivity index (χ3n) is 3.53. The van der Waals surface area contributed by atoms with Gasteiger partial charge in [0.2, 0.25) is 5.76 Å². The fourth-order valence-electron chi connectivity index (χ4n) is 2.21. The molecule has 0 aliphatic rings. The number of aromatic nitrogens is 1. The Morgan fingerprint density at radius 1 is 0.955 bits per heavy atom. The maximum atomic E-state index is 5.89. The molecule has 0 radical (unpaired) electrons. The molecule has 1 heterocycles. The maximum Gasteiger partial charge on any atom is 0.255 e. The van der Waals surface area contributed by atoms with Gasteiger partial charge in [-0.3, -0.25) is 0 Å². The molecule has 0 aliphatic carbocycles. The van der Waals surface area contributed by atoms with Crippen molar-refractivity contribution in [3.63, 3.8) is 0 Å². The molecule has 0 aliphatic heterocycles. The number of rotatable bonds is 3. The molecule has 0 unspecified atom stereocenters. The van der Waals surface area contributed by atoms with E-state index >= 15 is 0 Å². The number of benzene rings is 2. The lowest BCUT2D eigenvalue weighted by Crippen LogP contribution is -2.27. The van der Waals surface area contributed by atoms with Crippen molar-refractivity contribution in [1.29, 1.82) is 0 Å².